The highest BCUT2D eigenvalue weighted by Gasteiger charge is 2.27. The molecule has 1 fully saturated rings. The van der Waals surface area contributed by atoms with E-state index in [1.54, 1.807) is 0 Å². The first kappa shape index (κ1) is 17.3. The van der Waals surface area contributed by atoms with Crippen molar-refractivity contribution in [2.45, 2.75) is 43.5 Å². The molecule has 128 valence electrons. The highest BCUT2D eigenvalue weighted by molar-refractivity contribution is 7.85. The minimum absolute atomic E-state index is 0.0671. The normalized spacial score (nSPS) is 21.7. The van der Waals surface area contributed by atoms with Crippen LogP contribution in [0.15, 0.2) is 59.5 Å². The van der Waals surface area contributed by atoms with Crippen LogP contribution in [0.25, 0.3) is 0 Å². The summed E-state index contributed by atoms with van der Waals surface area (Å²) >= 11 is 0. The van der Waals surface area contributed by atoms with Gasteiger partial charge in [-0.1, -0.05) is 48.0 Å². The summed E-state index contributed by atoms with van der Waals surface area (Å²) in [4.78, 5) is 0.882. The lowest BCUT2D eigenvalue weighted by atomic mass is 10.2. The molecule has 0 bridgehead atoms. The van der Waals surface area contributed by atoms with Crippen LogP contribution in [-0.4, -0.2) is 28.8 Å². The molecule has 2 aromatic rings. The maximum atomic E-state index is 12.4. The van der Waals surface area contributed by atoms with Crippen molar-refractivity contribution in [3.8, 4) is 0 Å². The lowest BCUT2D eigenvalue weighted by molar-refractivity contribution is -0.0131. The third-order valence-corrected chi connectivity index (χ3v) is 5.70. The molecule has 1 unspecified atom stereocenters. The number of hydrogen-bond acceptors (Lipinski definition) is 3. The Kier molecular flexibility index (Phi) is 6.18. The summed E-state index contributed by atoms with van der Waals surface area (Å²) in [7, 11) is -0.998. The molecule has 24 heavy (non-hydrogen) atoms. The van der Waals surface area contributed by atoms with E-state index in [0.717, 1.165) is 17.7 Å². The molecule has 2 aromatic carbocycles. The minimum Gasteiger partial charge on any atom is -0.374 e. The molecular weight excluding hydrogens is 320 g/mol. The van der Waals surface area contributed by atoms with Gasteiger partial charge in [0.25, 0.3) is 0 Å². The van der Waals surface area contributed by atoms with E-state index in [1.807, 2.05) is 49.4 Å². The van der Waals surface area contributed by atoms with Gasteiger partial charge in [0.05, 0.1) is 42.0 Å². The predicted octanol–water partition coefficient (Wildman–Crippen LogP) is 3.87. The Morgan fingerprint density at radius 3 is 2.50 bits per heavy atom. The topological polar surface area (TPSA) is 35.5 Å². The monoisotopic (exact) mass is 344 g/mol. The summed E-state index contributed by atoms with van der Waals surface area (Å²) in [5.74, 6) is 0.568. The van der Waals surface area contributed by atoms with E-state index in [4.69, 9.17) is 9.47 Å². The van der Waals surface area contributed by atoms with E-state index in [1.165, 1.54) is 11.1 Å². The average molecular weight is 344 g/mol. The fourth-order valence-electron chi connectivity index (χ4n) is 2.86. The summed E-state index contributed by atoms with van der Waals surface area (Å²) in [6, 6.07) is 18.0. The SMILES string of the molecule is Cc1ccc(S(=O)C[C@H]2CC[C@@H](COCc3ccccc3)O2)cc1. The van der Waals surface area contributed by atoms with Gasteiger partial charge in [0.2, 0.25) is 0 Å². The van der Waals surface area contributed by atoms with Crippen molar-refractivity contribution >= 4 is 10.8 Å². The minimum atomic E-state index is -0.998. The van der Waals surface area contributed by atoms with Gasteiger partial charge in [0.1, 0.15) is 0 Å². The van der Waals surface area contributed by atoms with E-state index in [9.17, 15) is 4.21 Å². The van der Waals surface area contributed by atoms with Gasteiger partial charge in [-0.2, -0.15) is 0 Å². The second-order valence-electron chi connectivity index (χ2n) is 6.28. The first-order valence-electron chi connectivity index (χ1n) is 8.43. The molecule has 0 aliphatic carbocycles. The van der Waals surface area contributed by atoms with Gasteiger partial charge in [0, 0.05) is 4.90 Å². The summed E-state index contributed by atoms with van der Waals surface area (Å²) < 4.78 is 24.2. The van der Waals surface area contributed by atoms with Crippen LogP contribution in [0.1, 0.15) is 24.0 Å². The fourth-order valence-corrected chi connectivity index (χ4v) is 4.08. The van der Waals surface area contributed by atoms with Crippen LogP contribution in [0.3, 0.4) is 0 Å². The maximum absolute atomic E-state index is 12.4. The number of benzene rings is 2. The molecule has 0 aromatic heterocycles. The molecule has 0 amide bonds. The smallest absolute Gasteiger partial charge is 0.0813 e. The molecule has 3 atom stereocenters. The fraction of sp³-hybridized carbons (Fsp3) is 0.400. The predicted molar refractivity (Wildman–Crippen MR) is 96.4 cm³/mol. The molecule has 3 nitrogen and oxygen atoms in total. The van der Waals surface area contributed by atoms with Gasteiger partial charge in [0.15, 0.2) is 0 Å². The molecule has 1 aliphatic rings. The van der Waals surface area contributed by atoms with E-state index in [0.29, 0.717) is 19.0 Å². The van der Waals surface area contributed by atoms with Crippen molar-refractivity contribution in [2.24, 2.45) is 0 Å². The van der Waals surface area contributed by atoms with Crippen molar-refractivity contribution in [1.82, 2.24) is 0 Å². The zero-order valence-corrected chi connectivity index (χ0v) is 14.8. The maximum Gasteiger partial charge on any atom is 0.0813 e. The van der Waals surface area contributed by atoms with Gasteiger partial charge < -0.3 is 9.47 Å². The van der Waals surface area contributed by atoms with E-state index in [-0.39, 0.29) is 12.2 Å². The standard InChI is InChI=1S/C20H24O3S/c1-16-7-11-20(12-8-16)24(21)15-19-10-9-18(23-19)14-22-13-17-5-3-2-4-6-17/h2-8,11-12,18-19H,9-10,13-15H2,1H3/t18-,19+,24?/m0/s1. The molecular formula is C20H24O3S. The van der Waals surface area contributed by atoms with Gasteiger partial charge in [-0.3, -0.25) is 4.21 Å². The van der Waals surface area contributed by atoms with Crippen LogP contribution < -0.4 is 0 Å². The van der Waals surface area contributed by atoms with E-state index >= 15 is 0 Å². The van der Waals surface area contributed by atoms with Crippen molar-refractivity contribution in [2.75, 3.05) is 12.4 Å². The molecule has 4 heteroatoms. The first-order valence-corrected chi connectivity index (χ1v) is 9.75. The average Bonchev–Trinajstić information content (AvgIpc) is 3.04. The summed E-state index contributed by atoms with van der Waals surface area (Å²) in [5.41, 5.74) is 2.36. The number of ether oxygens (including phenoxy) is 2. The van der Waals surface area contributed by atoms with Gasteiger partial charge >= 0.3 is 0 Å². The zero-order chi connectivity index (χ0) is 16.8. The number of hydrogen-bond donors (Lipinski definition) is 0. The number of aryl methyl sites for hydroxylation is 1. The number of rotatable bonds is 7. The molecule has 1 heterocycles. The molecule has 0 spiro atoms. The van der Waals surface area contributed by atoms with Gasteiger partial charge in [-0.25, -0.2) is 0 Å². The lowest BCUT2D eigenvalue weighted by Gasteiger charge is -2.14. The highest BCUT2D eigenvalue weighted by atomic mass is 32.2. The Labute approximate surface area is 146 Å². The zero-order valence-electron chi connectivity index (χ0n) is 14.0. The molecule has 0 N–H and O–H groups in total. The molecule has 1 saturated heterocycles. The molecule has 1 aliphatic heterocycles. The van der Waals surface area contributed by atoms with Gasteiger partial charge in [-0.15, -0.1) is 0 Å². The first-order chi connectivity index (χ1) is 11.7. The summed E-state index contributed by atoms with van der Waals surface area (Å²) in [5, 5.41) is 0. The molecule has 3 rings (SSSR count). The van der Waals surface area contributed by atoms with Crippen LogP contribution >= 0.6 is 0 Å². The van der Waals surface area contributed by atoms with Crippen LogP contribution in [0.2, 0.25) is 0 Å². The Balaban J connectivity index is 1.40. The third-order valence-electron chi connectivity index (χ3n) is 4.23. The molecule has 0 radical (unpaired) electrons. The molecule has 0 saturated carbocycles. The van der Waals surface area contributed by atoms with Crippen molar-refractivity contribution in [3.05, 3.63) is 65.7 Å². The van der Waals surface area contributed by atoms with Crippen molar-refractivity contribution in [1.29, 1.82) is 0 Å². The lowest BCUT2D eigenvalue weighted by Crippen LogP contribution is -2.21. The van der Waals surface area contributed by atoms with Crippen molar-refractivity contribution < 1.29 is 13.7 Å². The van der Waals surface area contributed by atoms with E-state index < -0.39 is 10.8 Å². The summed E-state index contributed by atoms with van der Waals surface area (Å²) in [6.07, 6.45) is 2.12. The third kappa shape index (κ3) is 5.00. The quantitative estimate of drug-likeness (QED) is 0.765. The van der Waals surface area contributed by atoms with Gasteiger partial charge in [-0.05, 0) is 37.5 Å². The van der Waals surface area contributed by atoms with Crippen LogP contribution in [0, 0.1) is 6.92 Å². The Morgan fingerprint density at radius 2 is 1.75 bits per heavy atom. The largest absolute Gasteiger partial charge is 0.374 e. The van der Waals surface area contributed by atoms with Crippen LogP contribution in [0.4, 0.5) is 0 Å². The van der Waals surface area contributed by atoms with Crippen LogP contribution in [-0.2, 0) is 26.9 Å². The van der Waals surface area contributed by atoms with E-state index in [2.05, 4.69) is 12.1 Å². The second kappa shape index (κ2) is 8.56. The second-order valence-corrected chi connectivity index (χ2v) is 7.78. The van der Waals surface area contributed by atoms with Crippen molar-refractivity contribution in [3.63, 3.8) is 0 Å². The summed E-state index contributed by atoms with van der Waals surface area (Å²) in [6.45, 7) is 3.25. The van der Waals surface area contributed by atoms with Crippen LogP contribution in [0.5, 0.6) is 0 Å². The Morgan fingerprint density at radius 1 is 1.04 bits per heavy atom. The Bertz CT molecular complexity index is 654. The Hall–Kier alpha value is -1.49. The highest BCUT2D eigenvalue weighted by Crippen LogP contribution is 2.22.